The van der Waals surface area contributed by atoms with Crippen molar-refractivity contribution < 1.29 is 129 Å². The first-order valence-electron chi connectivity index (χ1n) is 32.8. The molecular weight excluding hydrogens is 1420 g/mol. The van der Waals surface area contributed by atoms with Gasteiger partial charge < -0.3 is 50.4 Å². The van der Waals surface area contributed by atoms with Crippen molar-refractivity contribution in [2.75, 3.05) is 45.9 Å². The summed E-state index contributed by atoms with van der Waals surface area (Å²) in [6.07, 6.45) is -19.0. The first-order chi connectivity index (χ1) is 47.4. The van der Waals surface area contributed by atoms with Crippen LogP contribution in [-0.2, 0) is 61.5 Å². The van der Waals surface area contributed by atoms with Crippen LogP contribution in [0.3, 0.4) is 0 Å². The summed E-state index contributed by atoms with van der Waals surface area (Å²) in [7, 11) is 0. The molecule has 0 spiro atoms. The monoisotopic (exact) mass is 1500 g/mol. The largest absolute Gasteiger partial charge is 1.00 e. The van der Waals surface area contributed by atoms with Gasteiger partial charge in [-0.25, -0.2) is 17.6 Å². The molecule has 0 saturated carbocycles. The second-order valence-corrected chi connectivity index (χ2v) is 26.5. The van der Waals surface area contributed by atoms with Crippen LogP contribution in [0.15, 0.2) is 82.6 Å². The number of halogens is 16. The van der Waals surface area contributed by atoms with Crippen LogP contribution in [0.1, 0.15) is 164 Å². The van der Waals surface area contributed by atoms with Gasteiger partial charge in [-0.2, -0.15) is 52.7 Å². The number of carboxylic acid groups (broad SMARTS) is 1. The number of nitrogens with zero attached hydrogens (tertiary/aromatic N) is 4. The van der Waals surface area contributed by atoms with Crippen LogP contribution >= 0.6 is 0 Å². The second kappa shape index (κ2) is 36.5. The van der Waals surface area contributed by atoms with Crippen LogP contribution < -0.4 is 40.6 Å². The summed E-state index contributed by atoms with van der Waals surface area (Å²) in [6, 6.07) is 1.37. The maximum atomic E-state index is 16.0. The molecule has 0 aliphatic carbocycles. The van der Waals surface area contributed by atoms with E-state index in [1.165, 1.54) is 34.6 Å². The van der Waals surface area contributed by atoms with Crippen molar-refractivity contribution >= 4 is 23.8 Å². The zero-order chi connectivity index (χ0) is 76.0. The van der Waals surface area contributed by atoms with Gasteiger partial charge in [0.25, 0.3) is 11.1 Å². The summed E-state index contributed by atoms with van der Waals surface area (Å²) in [5.74, 6) is -10.4. The molecule has 2 unspecified atom stereocenters. The maximum absolute atomic E-state index is 16.0. The molecule has 572 valence electrons. The Morgan fingerprint density at radius 2 is 0.829 bits per heavy atom. The number of hydrogen-bond acceptors (Lipinski definition) is 11. The number of aryl methyl sites for hydroxylation is 4. The number of esters is 1. The zero-order valence-corrected chi connectivity index (χ0v) is 59.0. The normalized spacial score (nSPS) is 14.6. The minimum atomic E-state index is -5.27. The number of rotatable bonds is 25. The molecule has 33 heteroatoms. The summed E-state index contributed by atoms with van der Waals surface area (Å²) in [5, 5.41) is 14.4. The SMILES string of the molecule is CCOC(=O)C[C@H](NC(=O)C(CC(C)C)n1cc(CCN2CCC2)c(C(F)(F)F)cc1=O)c1cc(-c2c(C)cc(F)cc2C)cc(C(F)(F)F)c1F.Cc1cc(F)cc(C)c1-c1cc([C@H](CC(=O)O)NC(=O)C(CC(C)C)n2cc(CCN3CCC3)c(C(F)(F)F)cc2=O)c(F)c(C(F)(F)F)c1.[Li+].[OH-].[OH-]. The van der Waals surface area contributed by atoms with Gasteiger partial charge in [0.1, 0.15) is 35.4 Å². The van der Waals surface area contributed by atoms with Crippen molar-refractivity contribution in [1.29, 1.82) is 0 Å². The van der Waals surface area contributed by atoms with Crippen LogP contribution in [0.25, 0.3) is 22.3 Å². The number of benzene rings is 4. The number of hydrogen-bond donors (Lipinski definition) is 3. The van der Waals surface area contributed by atoms with Crippen molar-refractivity contribution in [1.82, 2.24) is 29.6 Å². The summed E-state index contributed by atoms with van der Waals surface area (Å²) >= 11 is 0. The number of alkyl halides is 12. The number of aliphatic carboxylic acids is 1. The van der Waals surface area contributed by atoms with Crippen LogP contribution in [0, 0.1) is 62.8 Å². The summed E-state index contributed by atoms with van der Waals surface area (Å²) in [4.78, 5) is 83.1. The molecule has 2 amide bonds. The van der Waals surface area contributed by atoms with Gasteiger partial charge in [0, 0.05) is 48.7 Å². The van der Waals surface area contributed by atoms with Crippen molar-refractivity contribution in [3.8, 4) is 22.3 Å². The van der Waals surface area contributed by atoms with Gasteiger partial charge in [0.15, 0.2) is 0 Å². The summed E-state index contributed by atoms with van der Waals surface area (Å²) < 4.78 is 236. The number of pyridine rings is 2. The van der Waals surface area contributed by atoms with E-state index in [-0.39, 0.29) is 143 Å². The first-order valence-corrected chi connectivity index (χ1v) is 32.8. The van der Waals surface area contributed by atoms with E-state index in [9.17, 15) is 95.3 Å². The molecule has 16 nitrogen and oxygen atoms in total. The predicted molar refractivity (Wildman–Crippen MR) is 350 cm³/mol. The smallest absolute Gasteiger partial charge is 0.870 e. The molecule has 2 aliphatic rings. The third kappa shape index (κ3) is 22.8. The number of carbonyl (C=O) groups excluding carboxylic acids is 3. The van der Waals surface area contributed by atoms with E-state index >= 15 is 8.78 Å². The minimum absolute atomic E-state index is 0. The van der Waals surface area contributed by atoms with Crippen LogP contribution in [0.2, 0.25) is 0 Å². The van der Waals surface area contributed by atoms with Crippen molar-refractivity contribution in [3.05, 3.63) is 184 Å². The van der Waals surface area contributed by atoms with E-state index in [0.717, 1.165) is 70.8 Å². The average Bonchev–Trinajstić information content (AvgIpc) is 0.776. The van der Waals surface area contributed by atoms with Gasteiger partial charge in [-0.05, 0) is 215 Å². The number of aromatic nitrogens is 2. The predicted octanol–water partition coefficient (Wildman–Crippen LogP) is 12.4. The Morgan fingerprint density at radius 1 is 0.505 bits per heavy atom. The van der Waals surface area contributed by atoms with Crippen molar-refractivity contribution in [2.45, 2.75) is 163 Å². The molecule has 0 radical (unpaired) electrons. The molecule has 6 aromatic rings. The van der Waals surface area contributed by atoms with Gasteiger partial charge in [0.05, 0.1) is 53.8 Å². The summed E-state index contributed by atoms with van der Waals surface area (Å²) in [6.45, 7) is 17.1. The van der Waals surface area contributed by atoms with Crippen LogP contribution in [0.5, 0.6) is 0 Å². The van der Waals surface area contributed by atoms with E-state index in [2.05, 4.69) is 10.6 Å². The van der Waals surface area contributed by atoms with Crippen LogP contribution in [0.4, 0.5) is 70.2 Å². The van der Waals surface area contributed by atoms with Gasteiger partial charge in [-0.3, -0.25) is 28.8 Å². The maximum Gasteiger partial charge on any atom is 1.00 e. The molecule has 4 atom stereocenters. The van der Waals surface area contributed by atoms with E-state index in [4.69, 9.17) is 4.74 Å². The third-order valence-corrected chi connectivity index (χ3v) is 17.7. The molecule has 4 aromatic carbocycles. The molecule has 4 heterocycles. The molecule has 5 N–H and O–H groups in total. The Hall–Kier alpha value is -8.02. The molecule has 2 fully saturated rings. The molecule has 8 rings (SSSR count). The fraction of sp³-hybridized carbons (Fsp3) is 0.472. The van der Waals surface area contributed by atoms with E-state index in [1.54, 1.807) is 27.7 Å². The standard InChI is InChI=1S/C37H41F8N3O4.C35H37F8N3O4.Li.2H2O/c1-6-52-32(50)18-29(26-15-24(16-28(34(26)39)37(43,44)45)33-21(4)13-25(38)14-22(33)5)46-35(51)30(12-20(2)3)48-19-23(8-11-47-9-7-10-47)27(17-31(48)49)36(40,41)42;1-18(2)10-28(46-17-21(6-9-45-7-5-8-45)25(15-29(46)47)34(38,39)40)33(50)44-27(16-30(48)49)24-13-22(14-26(32(24)37)35(41,42)43)31-19(3)11-23(36)12-20(31)4;;;/h13-17,19-20,29-30H,6-12,18H2,1-5H3,(H,46,51);11-15,17-18,27-28H,5-10,16H2,1-4H3,(H,44,50)(H,48,49);;2*1H2/q;;+1;;/p-2/t29-,30?;27-,28?;;;/m00.../s1. The minimum Gasteiger partial charge on any atom is -0.870 e. The fourth-order valence-corrected chi connectivity index (χ4v) is 12.8. The second-order valence-electron chi connectivity index (χ2n) is 26.5. The van der Waals surface area contributed by atoms with E-state index in [0.29, 0.717) is 50.4 Å². The zero-order valence-electron chi connectivity index (χ0n) is 59.0. The number of ether oxygens (including phenoxy) is 1. The Bertz CT molecular complexity index is 4160. The Balaban J connectivity index is 0.000000432. The number of nitrogens with one attached hydrogen (secondary N) is 2. The van der Waals surface area contributed by atoms with Gasteiger partial charge in [-0.1, -0.05) is 27.7 Å². The molecule has 2 aliphatic heterocycles. The molecule has 105 heavy (non-hydrogen) atoms. The van der Waals surface area contributed by atoms with Crippen molar-refractivity contribution in [2.24, 2.45) is 11.8 Å². The van der Waals surface area contributed by atoms with Gasteiger partial charge >= 0.3 is 55.5 Å². The quantitative estimate of drug-likeness (QED) is 0.0276. The number of amides is 2. The van der Waals surface area contributed by atoms with E-state index < -0.39 is 153 Å². The first kappa shape index (κ1) is 89.4. The van der Waals surface area contributed by atoms with Crippen molar-refractivity contribution in [3.63, 3.8) is 0 Å². The Morgan fingerprint density at radius 3 is 1.10 bits per heavy atom. The molecule has 2 saturated heterocycles. The number of carboxylic acids is 1. The molecule has 2 aromatic heterocycles. The number of carbonyl (C=O) groups is 4. The molecule has 0 bridgehead atoms. The van der Waals surface area contributed by atoms with Gasteiger partial charge in [-0.15, -0.1) is 0 Å². The Kier molecular flexibility index (Phi) is 31.1. The average molecular weight is 1500 g/mol. The topological polar surface area (TPSA) is 232 Å². The number of likely N-dealkylation sites (tertiary alicyclic amines) is 2. The van der Waals surface area contributed by atoms with Crippen LogP contribution in [-0.4, -0.2) is 105 Å². The Labute approximate surface area is 606 Å². The van der Waals surface area contributed by atoms with Gasteiger partial charge in [0.2, 0.25) is 11.8 Å². The van der Waals surface area contributed by atoms with E-state index in [1.807, 2.05) is 9.80 Å². The molecular formula is C72H80F16LiN6O10-. The third-order valence-electron chi connectivity index (χ3n) is 17.7. The fourth-order valence-electron chi connectivity index (χ4n) is 12.8. The summed E-state index contributed by atoms with van der Waals surface area (Å²) in [5.41, 5.74) is -9.45.